The fourth-order valence-electron chi connectivity index (χ4n) is 0.330. The Balaban J connectivity index is 3.60. The fourth-order valence-corrected chi connectivity index (χ4v) is 0.330. The molecule has 0 aliphatic carbocycles. The fraction of sp³-hybridized carbons (Fsp3) is 0.333. The number of carbonyl (C=O) groups is 1. The van der Waals surface area contributed by atoms with Gasteiger partial charge >= 0.3 is 0 Å². The van der Waals surface area contributed by atoms with Crippen LogP contribution in [0.3, 0.4) is 0 Å². The van der Waals surface area contributed by atoms with Crippen molar-refractivity contribution >= 4 is 11.7 Å². The van der Waals surface area contributed by atoms with Crippen LogP contribution >= 0.6 is 0 Å². The van der Waals surface area contributed by atoms with E-state index in [4.69, 9.17) is 11.1 Å². The molecule has 10 heavy (non-hydrogen) atoms. The summed E-state index contributed by atoms with van der Waals surface area (Å²) >= 11 is 0. The minimum absolute atomic E-state index is 0.472. The van der Waals surface area contributed by atoms with Gasteiger partial charge in [0.2, 0.25) is 0 Å². The molecule has 0 fully saturated rings. The predicted octanol–water partition coefficient (Wildman–Crippen LogP) is -0.0377. The van der Waals surface area contributed by atoms with E-state index in [9.17, 15) is 4.79 Å². The first-order valence-corrected chi connectivity index (χ1v) is 2.98. The van der Waals surface area contributed by atoms with Crippen LogP contribution in [0.1, 0.15) is 13.3 Å². The number of carbonyl (C=O) groups excluding carboxylic acids is 1. The summed E-state index contributed by atoms with van der Waals surface area (Å²) < 4.78 is 0. The molecule has 0 aliphatic heterocycles. The molecule has 0 aromatic carbocycles. The Kier molecular flexibility index (Phi) is 3.95. The Morgan fingerprint density at radius 2 is 2.40 bits per heavy atom. The average Bonchev–Trinajstić information content (AvgIpc) is 1.88. The van der Waals surface area contributed by atoms with Crippen LogP contribution in [-0.2, 0) is 4.79 Å². The quantitative estimate of drug-likeness (QED) is 0.372. The van der Waals surface area contributed by atoms with Crippen molar-refractivity contribution in [3.05, 3.63) is 12.3 Å². The highest BCUT2D eigenvalue weighted by molar-refractivity contribution is 6.36. The highest BCUT2D eigenvalue weighted by Crippen LogP contribution is 1.74. The molecule has 1 amide bonds. The molecular formula is C6H11N3O. The van der Waals surface area contributed by atoms with Gasteiger partial charge in [-0.1, -0.05) is 13.0 Å². The predicted molar refractivity (Wildman–Crippen MR) is 39.5 cm³/mol. The molecule has 0 saturated heterocycles. The molecule has 0 saturated carbocycles. The van der Waals surface area contributed by atoms with E-state index in [2.05, 4.69) is 5.32 Å². The molecule has 0 spiro atoms. The van der Waals surface area contributed by atoms with Gasteiger partial charge in [0, 0.05) is 6.20 Å². The van der Waals surface area contributed by atoms with Crippen molar-refractivity contribution in [3.8, 4) is 0 Å². The summed E-state index contributed by atoms with van der Waals surface area (Å²) in [6, 6.07) is 0. The molecular weight excluding hydrogens is 130 g/mol. The molecule has 0 bridgehead atoms. The van der Waals surface area contributed by atoms with Crippen molar-refractivity contribution in [3.63, 3.8) is 0 Å². The summed E-state index contributed by atoms with van der Waals surface area (Å²) in [4.78, 5) is 10.5. The second kappa shape index (κ2) is 4.55. The van der Waals surface area contributed by atoms with Gasteiger partial charge in [-0.3, -0.25) is 10.2 Å². The van der Waals surface area contributed by atoms with E-state index < -0.39 is 11.7 Å². The van der Waals surface area contributed by atoms with Crippen LogP contribution in [0.2, 0.25) is 0 Å². The van der Waals surface area contributed by atoms with Gasteiger partial charge in [0.1, 0.15) is 0 Å². The third kappa shape index (κ3) is 3.65. The van der Waals surface area contributed by atoms with Crippen molar-refractivity contribution in [1.82, 2.24) is 5.32 Å². The minimum atomic E-state index is -0.565. The normalized spacial score (nSPS) is 9.70. The zero-order valence-corrected chi connectivity index (χ0v) is 5.85. The summed E-state index contributed by atoms with van der Waals surface area (Å²) in [5, 5.41) is 8.98. The number of amidine groups is 1. The Morgan fingerprint density at radius 3 is 2.80 bits per heavy atom. The molecule has 0 aliphatic rings. The Hall–Kier alpha value is -1.32. The lowest BCUT2D eigenvalue weighted by molar-refractivity contribution is -0.114. The number of amides is 1. The van der Waals surface area contributed by atoms with E-state index in [0.717, 1.165) is 6.42 Å². The van der Waals surface area contributed by atoms with Gasteiger partial charge < -0.3 is 11.1 Å². The Labute approximate surface area is 59.6 Å². The highest BCUT2D eigenvalue weighted by atomic mass is 16.2. The standard InChI is InChI=1S/C6H11N3O/c1-2-3-4-9-6(10)5(7)8/h3-4H,2H2,1H3,(H3,7,8)(H,9,10)/b4-3-. The molecule has 0 rings (SSSR count). The number of nitrogens with one attached hydrogen (secondary N) is 2. The third-order valence-corrected chi connectivity index (χ3v) is 0.813. The second-order valence-corrected chi connectivity index (χ2v) is 1.70. The number of hydrogen-bond donors (Lipinski definition) is 3. The van der Waals surface area contributed by atoms with Gasteiger partial charge in [-0.05, 0) is 6.42 Å². The van der Waals surface area contributed by atoms with E-state index in [0.29, 0.717) is 0 Å². The van der Waals surface area contributed by atoms with Crippen LogP contribution in [0.4, 0.5) is 0 Å². The van der Waals surface area contributed by atoms with Gasteiger partial charge in [-0.25, -0.2) is 0 Å². The summed E-state index contributed by atoms with van der Waals surface area (Å²) in [5.41, 5.74) is 4.86. The molecule has 56 valence electrons. The van der Waals surface area contributed by atoms with E-state index >= 15 is 0 Å². The van der Waals surface area contributed by atoms with Crippen molar-refractivity contribution < 1.29 is 4.79 Å². The number of hydrogen-bond acceptors (Lipinski definition) is 2. The van der Waals surface area contributed by atoms with E-state index in [-0.39, 0.29) is 0 Å². The van der Waals surface area contributed by atoms with Crippen LogP contribution in [0, 0.1) is 5.41 Å². The maximum atomic E-state index is 10.5. The topological polar surface area (TPSA) is 79.0 Å². The van der Waals surface area contributed by atoms with Crippen LogP contribution in [0.25, 0.3) is 0 Å². The first kappa shape index (κ1) is 8.68. The first-order chi connectivity index (χ1) is 4.68. The van der Waals surface area contributed by atoms with E-state index in [1.54, 1.807) is 6.08 Å². The maximum Gasteiger partial charge on any atom is 0.289 e. The molecule has 0 unspecified atom stereocenters. The average molecular weight is 141 g/mol. The highest BCUT2D eigenvalue weighted by Gasteiger charge is 1.98. The first-order valence-electron chi connectivity index (χ1n) is 2.98. The Bertz CT molecular complexity index is 162. The summed E-state index contributed by atoms with van der Waals surface area (Å²) in [6.45, 7) is 1.94. The lowest BCUT2D eigenvalue weighted by Crippen LogP contribution is -2.32. The van der Waals surface area contributed by atoms with Crippen molar-refractivity contribution in [1.29, 1.82) is 5.41 Å². The van der Waals surface area contributed by atoms with Crippen LogP contribution < -0.4 is 11.1 Å². The maximum absolute atomic E-state index is 10.5. The van der Waals surface area contributed by atoms with Crippen molar-refractivity contribution in [2.45, 2.75) is 13.3 Å². The van der Waals surface area contributed by atoms with Crippen molar-refractivity contribution in [2.24, 2.45) is 5.73 Å². The lowest BCUT2D eigenvalue weighted by Gasteiger charge is -1.93. The smallest absolute Gasteiger partial charge is 0.289 e. The molecule has 0 atom stereocenters. The van der Waals surface area contributed by atoms with Crippen LogP contribution in [0.15, 0.2) is 12.3 Å². The minimum Gasteiger partial charge on any atom is -0.380 e. The summed E-state index contributed by atoms with van der Waals surface area (Å²) in [6.07, 6.45) is 4.09. The van der Waals surface area contributed by atoms with Gasteiger partial charge in [-0.15, -0.1) is 0 Å². The second-order valence-electron chi connectivity index (χ2n) is 1.70. The summed E-state index contributed by atoms with van der Waals surface area (Å²) in [5.74, 6) is -1.04. The number of allylic oxidation sites excluding steroid dienone is 1. The van der Waals surface area contributed by atoms with Gasteiger partial charge in [0.05, 0.1) is 0 Å². The molecule has 0 radical (unpaired) electrons. The molecule has 4 nitrogen and oxygen atoms in total. The number of rotatable bonds is 2. The monoisotopic (exact) mass is 141 g/mol. The number of nitrogens with two attached hydrogens (primary N) is 1. The zero-order valence-electron chi connectivity index (χ0n) is 5.85. The van der Waals surface area contributed by atoms with Crippen molar-refractivity contribution in [2.75, 3.05) is 0 Å². The molecule has 0 aromatic rings. The molecule has 4 heteroatoms. The van der Waals surface area contributed by atoms with E-state index in [1.807, 2.05) is 6.92 Å². The molecule has 0 aromatic heterocycles. The summed E-state index contributed by atoms with van der Waals surface area (Å²) in [7, 11) is 0. The molecule has 0 heterocycles. The largest absolute Gasteiger partial charge is 0.380 e. The SMILES string of the molecule is CC/C=C\NC(=O)C(=N)N. The zero-order chi connectivity index (χ0) is 7.98. The van der Waals surface area contributed by atoms with E-state index in [1.165, 1.54) is 6.20 Å². The third-order valence-electron chi connectivity index (χ3n) is 0.813. The lowest BCUT2D eigenvalue weighted by atomic mass is 10.4. The Morgan fingerprint density at radius 1 is 1.80 bits per heavy atom. The van der Waals surface area contributed by atoms with Gasteiger partial charge in [-0.2, -0.15) is 0 Å². The van der Waals surface area contributed by atoms with Crippen LogP contribution in [-0.4, -0.2) is 11.7 Å². The van der Waals surface area contributed by atoms with Crippen LogP contribution in [0.5, 0.6) is 0 Å². The van der Waals surface area contributed by atoms with Gasteiger partial charge in [0.15, 0.2) is 5.84 Å². The van der Waals surface area contributed by atoms with Gasteiger partial charge in [0.25, 0.3) is 5.91 Å². The molecule has 4 N–H and O–H groups in total.